The molecule has 0 atom stereocenters. The number of aromatic carboxylic acids is 1. The molecule has 1 aliphatic carbocycles. The molecule has 0 saturated carbocycles. The zero-order chi connectivity index (χ0) is 22.0. The van der Waals surface area contributed by atoms with Gasteiger partial charge in [0.15, 0.2) is 11.6 Å². The molecule has 1 N–H and O–H groups in total. The van der Waals surface area contributed by atoms with E-state index in [1.807, 2.05) is 0 Å². The number of rotatable bonds is 6. The van der Waals surface area contributed by atoms with Crippen molar-refractivity contribution < 1.29 is 23.4 Å². The van der Waals surface area contributed by atoms with Crippen LogP contribution in [0, 0.1) is 11.6 Å². The number of nitrogens with zero attached hydrogens (tertiary/aromatic N) is 1. The summed E-state index contributed by atoms with van der Waals surface area (Å²) in [6, 6.07) is 14.0. The predicted octanol–water partition coefficient (Wildman–Crippen LogP) is 5.74. The minimum atomic E-state index is -1.09. The Morgan fingerprint density at radius 1 is 1.06 bits per heavy atom. The van der Waals surface area contributed by atoms with Gasteiger partial charge in [-0.3, -0.25) is 0 Å². The maximum absolute atomic E-state index is 14.0. The Kier molecular flexibility index (Phi) is 8.06. The van der Waals surface area contributed by atoms with Crippen molar-refractivity contribution in [2.45, 2.75) is 25.9 Å². The van der Waals surface area contributed by atoms with E-state index in [-0.39, 0.29) is 47.4 Å². The number of hydrogen-bond acceptors (Lipinski definition) is 3. The molecule has 4 rings (SSSR count). The van der Waals surface area contributed by atoms with Gasteiger partial charge in [-0.25, -0.2) is 18.6 Å². The van der Waals surface area contributed by atoms with Crippen LogP contribution in [0.25, 0.3) is 11.1 Å². The van der Waals surface area contributed by atoms with Gasteiger partial charge in [0.2, 0.25) is 0 Å². The molecule has 0 bridgehead atoms. The Morgan fingerprint density at radius 2 is 1.81 bits per heavy atom. The molecule has 0 saturated heterocycles. The van der Waals surface area contributed by atoms with Crippen LogP contribution in [0.2, 0.25) is 5.02 Å². The molecule has 0 amide bonds. The fourth-order valence-electron chi connectivity index (χ4n) is 3.72. The first-order chi connectivity index (χ1) is 14.9. The van der Waals surface area contributed by atoms with Gasteiger partial charge < -0.3 is 9.84 Å². The molecule has 1 aromatic heterocycles. The molecule has 0 spiro atoms. The summed E-state index contributed by atoms with van der Waals surface area (Å²) < 4.78 is 33.4. The molecular weight excluding hydrogens is 447 g/mol. The second kappa shape index (κ2) is 10.6. The second-order valence-electron chi connectivity index (χ2n) is 7.17. The first-order valence-corrected chi connectivity index (χ1v) is 10.1. The van der Waals surface area contributed by atoms with Gasteiger partial charge in [-0.15, -0.1) is 0 Å². The van der Waals surface area contributed by atoms with Gasteiger partial charge >= 0.3 is 35.5 Å². The van der Waals surface area contributed by atoms with Crippen LogP contribution in [0.4, 0.5) is 8.78 Å². The quantitative estimate of drug-likeness (QED) is 0.472. The molecule has 1 aliphatic rings. The zero-order valence-corrected chi connectivity index (χ0v) is 17.1. The molecule has 0 unspecified atom stereocenters. The standard InChI is InChI=1S/C24H18ClF2NO3.Na.H/c25-15-10-11-22(31-13-14-4-1-7-19(26)23(14)27)18(12-15)16-5-2-6-17(16)20-8-3-9-21(28-20)24(29)30;;/h1,3-4,7-12H,2,5-6,13H2,(H,29,30);;. The fourth-order valence-corrected chi connectivity index (χ4v) is 3.90. The summed E-state index contributed by atoms with van der Waals surface area (Å²) in [5.74, 6) is -2.47. The second-order valence-corrected chi connectivity index (χ2v) is 7.60. The van der Waals surface area contributed by atoms with Gasteiger partial charge in [0.05, 0.1) is 5.69 Å². The summed E-state index contributed by atoms with van der Waals surface area (Å²) in [4.78, 5) is 15.6. The average molecular weight is 466 g/mol. The third-order valence-electron chi connectivity index (χ3n) is 5.18. The minimum absolute atomic E-state index is 0. The van der Waals surface area contributed by atoms with Crippen LogP contribution in [-0.2, 0) is 6.61 Å². The van der Waals surface area contributed by atoms with Crippen molar-refractivity contribution in [3.05, 3.63) is 93.8 Å². The average Bonchev–Trinajstić information content (AvgIpc) is 3.25. The monoisotopic (exact) mass is 465 g/mol. The van der Waals surface area contributed by atoms with E-state index in [0.717, 1.165) is 42.0 Å². The van der Waals surface area contributed by atoms with Crippen molar-refractivity contribution in [2.24, 2.45) is 0 Å². The summed E-state index contributed by atoms with van der Waals surface area (Å²) in [7, 11) is 0. The Morgan fingerprint density at radius 3 is 2.59 bits per heavy atom. The first kappa shape index (κ1) is 24.4. The van der Waals surface area contributed by atoms with Crippen LogP contribution in [-0.4, -0.2) is 45.6 Å². The number of aromatic nitrogens is 1. The van der Waals surface area contributed by atoms with E-state index in [9.17, 15) is 18.7 Å². The normalized spacial score (nSPS) is 13.1. The van der Waals surface area contributed by atoms with Crippen LogP contribution in [0.5, 0.6) is 5.75 Å². The van der Waals surface area contributed by atoms with Crippen molar-refractivity contribution in [3.63, 3.8) is 0 Å². The molecule has 160 valence electrons. The van der Waals surface area contributed by atoms with E-state index in [4.69, 9.17) is 16.3 Å². The van der Waals surface area contributed by atoms with E-state index in [1.165, 1.54) is 18.2 Å². The van der Waals surface area contributed by atoms with Crippen molar-refractivity contribution in [1.29, 1.82) is 0 Å². The van der Waals surface area contributed by atoms with Crippen LogP contribution in [0.1, 0.15) is 46.6 Å². The van der Waals surface area contributed by atoms with E-state index in [2.05, 4.69) is 4.98 Å². The van der Waals surface area contributed by atoms with Gasteiger partial charge in [-0.2, -0.15) is 0 Å². The number of benzene rings is 2. The molecule has 3 aromatic rings. The van der Waals surface area contributed by atoms with Gasteiger partial charge in [-0.05, 0) is 66.8 Å². The Bertz CT molecular complexity index is 1200. The molecule has 0 radical (unpaired) electrons. The van der Waals surface area contributed by atoms with Crippen LogP contribution < -0.4 is 4.74 Å². The van der Waals surface area contributed by atoms with Crippen LogP contribution in [0.15, 0.2) is 54.6 Å². The topological polar surface area (TPSA) is 59.4 Å². The van der Waals surface area contributed by atoms with Gasteiger partial charge in [0.25, 0.3) is 0 Å². The van der Waals surface area contributed by atoms with E-state index < -0.39 is 17.6 Å². The number of pyridine rings is 1. The van der Waals surface area contributed by atoms with E-state index in [0.29, 0.717) is 16.5 Å². The zero-order valence-electron chi connectivity index (χ0n) is 16.4. The molecule has 1 heterocycles. The SMILES string of the molecule is O=C(O)c1cccc(C2=C(c3cc(Cl)ccc3OCc3cccc(F)c3F)CCC2)n1.[NaH]. The van der Waals surface area contributed by atoms with E-state index >= 15 is 0 Å². The van der Waals surface area contributed by atoms with E-state index in [1.54, 1.807) is 30.3 Å². The number of carboxylic acids is 1. The van der Waals surface area contributed by atoms with Crippen LogP contribution in [0.3, 0.4) is 0 Å². The number of ether oxygens (including phenoxy) is 1. The number of carboxylic acid groups (broad SMARTS) is 1. The molecule has 2 aromatic carbocycles. The summed E-state index contributed by atoms with van der Waals surface area (Å²) >= 11 is 6.24. The fraction of sp³-hybridized carbons (Fsp3) is 0.167. The third kappa shape index (κ3) is 5.21. The maximum atomic E-state index is 14.0. The van der Waals surface area contributed by atoms with Gasteiger partial charge in [-0.1, -0.05) is 29.8 Å². The summed E-state index contributed by atoms with van der Waals surface area (Å²) in [6.45, 7) is -0.145. The number of hydrogen-bond donors (Lipinski definition) is 1. The van der Waals surface area contributed by atoms with Gasteiger partial charge in [0.1, 0.15) is 18.1 Å². The predicted molar refractivity (Wildman–Crippen MR) is 121 cm³/mol. The Labute approximate surface area is 211 Å². The summed E-state index contributed by atoms with van der Waals surface area (Å²) in [6.07, 6.45) is 2.34. The number of halogens is 3. The number of allylic oxidation sites excluding steroid dienone is 2. The molecule has 8 heteroatoms. The molecule has 0 fully saturated rings. The van der Waals surface area contributed by atoms with Gasteiger partial charge in [0, 0.05) is 16.1 Å². The summed E-state index contributed by atoms with van der Waals surface area (Å²) in [5.41, 5.74) is 3.28. The van der Waals surface area contributed by atoms with Crippen molar-refractivity contribution >= 4 is 58.3 Å². The summed E-state index contributed by atoms with van der Waals surface area (Å²) in [5, 5.41) is 9.77. The number of carbonyl (C=O) groups is 1. The molecule has 0 aliphatic heterocycles. The van der Waals surface area contributed by atoms with Crippen LogP contribution >= 0.6 is 11.6 Å². The van der Waals surface area contributed by atoms with Crippen molar-refractivity contribution in [1.82, 2.24) is 4.98 Å². The van der Waals surface area contributed by atoms with Crippen molar-refractivity contribution in [3.8, 4) is 5.75 Å². The molecular formula is C24H19ClF2NNaO3. The third-order valence-corrected chi connectivity index (χ3v) is 5.41. The Hall–Kier alpha value is -2.25. The molecule has 4 nitrogen and oxygen atoms in total. The van der Waals surface area contributed by atoms with Crippen molar-refractivity contribution in [2.75, 3.05) is 0 Å². The molecule has 32 heavy (non-hydrogen) atoms. The first-order valence-electron chi connectivity index (χ1n) is 9.72. The Balaban J connectivity index is 0.00000289.